The monoisotopic (exact) mass is 290 g/mol. The number of nitrogen functional groups attached to an aromatic ring is 1. The molecule has 1 aromatic heterocycles. The molecule has 1 heterocycles. The highest BCUT2D eigenvalue weighted by Gasteiger charge is 2.19. The van der Waals surface area contributed by atoms with Crippen LogP contribution in [0, 0.1) is 5.92 Å². The number of hydrogen-bond acceptors (Lipinski definition) is 4. The van der Waals surface area contributed by atoms with Gasteiger partial charge in [-0.05, 0) is 35.6 Å². The molecule has 20 heavy (non-hydrogen) atoms. The average molecular weight is 290 g/mol. The minimum absolute atomic E-state index is 0.0647. The molecule has 0 amide bonds. The van der Waals surface area contributed by atoms with Crippen LogP contribution in [-0.4, -0.2) is 11.1 Å². The fourth-order valence-corrected chi connectivity index (χ4v) is 3.02. The van der Waals surface area contributed by atoms with Crippen molar-refractivity contribution in [1.29, 1.82) is 0 Å². The predicted octanol–water partition coefficient (Wildman–Crippen LogP) is 3.84. The largest absolute Gasteiger partial charge is 0.478 e. The molecule has 4 nitrogen and oxygen atoms in total. The third-order valence-electron chi connectivity index (χ3n) is 3.10. The Morgan fingerprint density at radius 1 is 1.35 bits per heavy atom. The van der Waals surface area contributed by atoms with Gasteiger partial charge in [-0.15, -0.1) is 11.3 Å². The maximum Gasteiger partial charge on any atom is 0.337 e. The van der Waals surface area contributed by atoms with Crippen molar-refractivity contribution in [1.82, 2.24) is 0 Å². The van der Waals surface area contributed by atoms with Crippen molar-refractivity contribution in [3.63, 3.8) is 0 Å². The summed E-state index contributed by atoms with van der Waals surface area (Å²) in [5, 5.41) is 14.6. The van der Waals surface area contributed by atoms with Gasteiger partial charge in [-0.1, -0.05) is 19.9 Å². The van der Waals surface area contributed by atoms with Gasteiger partial charge in [0.15, 0.2) is 0 Å². The Morgan fingerprint density at radius 3 is 2.65 bits per heavy atom. The normalized spacial score (nSPS) is 12.3. The van der Waals surface area contributed by atoms with Crippen LogP contribution in [0.3, 0.4) is 0 Å². The topological polar surface area (TPSA) is 75.3 Å². The van der Waals surface area contributed by atoms with Crippen LogP contribution in [0.1, 0.15) is 35.1 Å². The van der Waals surface area contributed by atoms with Crippen LogP contribution in [0.2, 0.25) is 0 Å². The van der Waals surface area contributed by atoms with Crippen molar-refractivity contribution in [2.45, 2.75) is 19.9 Å². The van der Waals surface area contributed by atoms with Crippen molar-refractivity contribution in [2.75, 3.05) is 11.1 Å². The molecule has 106 valence electrons. The lowest BCUT2D eigenvalue weighted by molar-refractivity contribution is 0.0698. The molecule has 1 atom stereocenters. The second-order valence-electron chi connectivity index (χ2n) is 4.99. The lowest BCUT2D eigenvalue weighted by atomic mass is 10.0. The number of hydrogen-bond donors (Lipinski definition) is 3. The van der Waals surface area contributed by atoms with Crippen molar-refractivity contribution in [2.24, 2.45) is 5.92 Å². The van der Waals surface area contributed by atoms with E-state index in [-0.39, 0.29) is 11.6 Å². The first-order chi connectivity index (χ1) is 9.49. The summed E-state index contributed by atoms with van der Waals surface area (Å²) in [6, 6.07) is 8.92. The Bertz CT molecular complexity index is 594. The Hall–Kier alpha value is -2.01. The Kier molecular flexibility index (Phi) is 4.29. The summed E-state index contributed by atoms with van der Waals surface area (Å²) in [4.78, 5) is 12.5. The van der Waals surface area contributed by atoms with Crippen LogP contribution in [0.25, 0.3) is 0 Å². The van der Waals surface area contributed by atoms with E-state index < -0.39 is 5.97 Å². The van der Waals surface area contributed by atoms with Gasteiger partial charge in [0.1, 0.15) is 0 Å². The third kappa shape index (κ3) is 3.11. The summed E-state index contributed by atoms with van der Waals surface area (Å²) in [5.41, 5.74) is 7.11. The van der Waals surface area contributed by atoms with E-state index in [1.54, 1.807) is 23.5 Å². The van der Waals surface area contributed by atoms with Crippen molar-refractivity contribution in [3.8, 4) is 0 Å². The van der Waals surface area contributed by atoms with Gasteiger partial charge in [-0.2, -0.15) is 0 Å². The highest BCUT2D eigenvalue weighted by molar-refractivity contribution is 7.10. The number of nitrogens with two attached hydrogens (primary N) is 1. The Labute approximate surface area is 122 Å². The molecule has 0 aliphatic heterocycles. The van der Waals surface area contributed by atoms with Gasteiger partial charge in [0.05, 0.1) is 17.3 Å². The Morgan fingerprint density at radius 2 is 2.10 bits per heavy atom. The van der Waals surface area contributed by atoms with E-state index in [1.807, 2.05) is 11.4 Å². The minimum Gasteiger partial charge on any atom is -0.478 e. The molecule has 0 aliphatic carbocycles. The molecule has 1 unspecified atom stereocenters. The van der Waals surface area contributed by atoms with Crippen LogP contribution >= 0.6 is 11.3 Å². The fraction of sp³-hybridized carbons (Fsp3) is 0.267. The van der Waals surface area contributed by atoms with E-state index >= 15 is 0 Å². The molecule has 2 rings (SSSR count). The van der Waals surface area contributed by atoms with E-state index in [0.717, 1.165) is 0 Å². The van der Waals surface area contributed by atoms with E-state index in [4.69, 9.17) is 5.73 Å². The van der Waals surface area contributed by atoms with Crippen LogP contribution in [0.5, 0.6) is 0 Å². The van der Waals surface area contributed by atoms with Crippen LogP contribution in [0.15, 0.2) is 35.7 Å². The molecule has 0 fully saturated rings. The molecule has 1 aromatic carbocycles. The standard InChI is InChI=1S/C15H18N2O2S/c1-9(2)14(13-4-3-7-20-13)17-12-8-10(16)5-6-11(12)15(18)19/h3-9,14,17H,16H2,1-2H3,(H,18,19). The fourth-order valence-electron chi connectivity index (χ4n) is 2.07. The summed E-state index contributed by atoms with van der Waals surface area (Å²) in [7, 11) is 0. The van der Waals surface area contributed by atoms with Crippen molar-refractivity contribution >= 4 is 28.7 Å². The number of nitrogens with one attached hydrogen (secondary N) is 1. The quantitative estimate of drug-likeness (QED) is 0.731. The van der Waals surface area contributed by atoms with Crippen LogP contribution in [-0.2, 0) is 0 Å². The molecule has 0 radical (unpaired) electrons. The number of thiophene rings is 1. The summed E-state index contributed by atoms with van der Waals surface area (Å²) in [6.45, 7) is 4.20. The molecule has 2 aromatic rings. The van der Waals surface area contributed by atoms with Crippen LogP contribution < -0.4 is 11.1 Å². The number of benzene rings is 1. The van der Waals surface area contributed by atoms with Crippen molar-refractivity contribution in [3.05, 3.63) is 46.2 Å². The van der Waals surface area contributed by atoms with Gasteiger partial charge >= 0.3 is 5.97 Å². The molecule has 5 heteroatoms. The number of carboxylic acids is 1. The third-order valence-corrected chi connectivity index (χ3v) is 4.06. The van der Waals surface area contributed by atoms with Gasteiger partial charge in [0.2, 0.25) is 0 Å². The molecule has 0 saturated carbocycles. The lowest BCUT2D eigenvalue weighted by Gasteiger charge is -2.23. The first-order valence-electron chi connectivity index (χ1n) is 6.41. The van der Waals surface area contributed by atoms with Gasteiger partial charge in [-0.3, -0.25) is 0 Å². The number of carboxylic acid groups (broad SMARTS) is 1. The highest BCUT2D eigenvalue weighted by Crippen LogP contribution is 2.31. The smallest absolute Gasteiger partial charge is 0.337 e. The molecule has 0 bridgehead atoms. The highest BCUT2D eigenvalue weighted by atomic mass is 32.1. The average Bonchev–Trinajstić information content (AvgIpc) is 2.88. The first kappa shape index (κ1) is 14.4. The zero-order valence-electron chi connectivity index (χ0n) is 11.5. The van der Waals surface area contributed by atoms with E-state index in [1.165, 1.54) is 10.9 Å². The van der Waals surface area contributed by atoms with Crippen molar-refractivity contribution < 1.29 is 9.90 Å². The number of carbonyl (C=O) groups is 1. The first-order valence-corrected chi connectivity index (χ1v) is 7.29. The predicted molar refractivity (Wildman–Crippen MR) is 83.3 cm³/mol. The number of aromatic carboxylic acids is 1. The zero-order chi connectivity index (χ0) is 14.7. The minimum atomic E-state index is -0.957. The summed E-state index contributed by atoms with van der Waals surface area (Å²) < 4.78 is 0. The van der Waals surface area contributed by atoms with Gasteiger partial charge in [-0.25, -0.2) is 4.79 Å². The molecule has 0 aliphatic rings. The van der Waals surface area contributed by atoms with Crippen LogP contribution in [0.4, 0.5) is 11.4 Å². The summed E-state index contributed by atoms with van der Waals surface area (Å²) in [6.07, 6.45) is 0. The number of rotatable bonds is 5. The lowest BCUT2D eigenvalue weighted by Crippen LogP contribution is -2.17. The second kappa shape index (κ2) is 5.96. The molecule has 0 spiro atoms. The molecule has 4 N–H and O–H groups in total. The van der Waals surface area contributed by atoms with Gasteiger partial charge in [0, 0.05) is 10.6 Å². The zero-order valence-corrected chi connectivity index (χ0v) is 12.3. The number of anilines is 2. The summed E-state index contributed by atoms with van der Waals surface area (Å²) in [5.74, 6) is -0.627. The SMILES string of the molecule is CC(C)C(Nc1cc(N)ccc1C(=O)O)c1cccs1. The second-order valence-corrected chi connectivity index (χ2v) is 5.97. The van der Waals surface area contributed by atoms with E-state index in [2.05, 4.69) is 25.2 Å². The molecular weight excluding hydrogens is 272 g/mol. The van der Waals surface area contributed by atoms with Gasteiger partial charge < -0.3 is 16.2 Å². The van der Waals surface area contributed by atoms with Gasteiger partial charge in [0.25, 0.3) is 0 Å². The van der Waals surface area contributed by atoms with E-state index in [9.17, 15) is 9.90 Å². The molecular formula is C15H18N2O2S. The van der Waals surface area contributed by atoms with E-state index in [0.29, 0.717) is 17.3 Å². The summed E-state index contributed by atoms with van der Waals surface area (Å²) >= 11 is 1.66. The maximum atomic E-state index is 11.3. The maximum absolute atomic E-state index is 11.3. The Balaban J connectivity index is 2.36. The molecule has 0 saturated heterocycles.